The largest absolute Gasteiger partial charge is 0.379 e. The van der Waals surface area contributed by atoms with Crippen molar-refractivity contribution < 1.29 is 13.2 Å². The summed E-state index contributed by atoms with van der Waals surface area (Å²) < 4.78 is 32.5. The summed E-state index contributed by atoms with van der Waals surface area (Å²) in [5.41, 5.74) is 1.44. The minimum atomic E-state index is -3.42. The third kappa shape index (κ3) is 4.14. The molecule has 6 heteroatoms. The molecular weight excluding hydrogens is 348 g/mol. The number of nitrogens with zero attached hydrogens (tertiary/aromatic N) is 2. The highest BCUT2D eigenvalue weighted by Crippen LogP contribution is 2.39. The molecule has 2 aliphatic heterocycles. The average Bonchev–Trinajstić information content (AvgIpc) is 3.04. The molecule has 1 aromatic rings. The lowest BCUT2D eigenvalue weighted by Gasteiger charge is -2.31. The second kappa shape index (κ2) is 7.97. The predicted octanol–water partition coefficient (Wildman–Crippen LogP) is 2.97. The molecule has 0 amide bonds. The lowest BCUT2D eigenvalue weighted by Crippen LogP contribution is -2.40. The van der Waals surface area contributed by atoms with Crippen molar-refractivity contribution in [3.63, 3.8) is 0 Å². The predicted molar refractivity (Wildman–Crippen MR) is 103 cm³/mol. The minimum Gasteiger partial charge on any atom is -0.379 e. The molecular formula is C20H32N2O3S. The van der Waals surface area contributed by atoms with E-state index in [0.29, 0.717) is 42.5 Å². The summed E-state index contributed by atoms with van der Waals surface area (Å²) >= 11 is 0. The van der Waals surface area contributed by atoms with Gasteiger partial charge >= 0.3 is 0 Å². The first-order chi connectivity index (χ1) is 12.3. The second-order valence-corrected chi connectivity index (χ2v) is 10.0. The Morgan fingerprint density at radius 2 is 1.96 bits per heavy atom. The zero-order valence-corrected chi connectivity index (χ0v) is 17.1. The van der Waals surface area contributed by atoms with Crippen molar-refractivity contribution in [1.82, 2.24) is 9.21 Å². The summed E-state index contributed by atoms with van der Waals surface area (Å²) in [4.78, 5) is 2.87. The quantitative estimate of drug-likeness (QED) is 0.761. The Morgan fingerprint density at radius 1 is 1.23 bits per heavy atom. The van der Waals surface area contributed by atoms with Gasteiger partial charge in [0.05, 0.1) is 18.1 Å². The summed E-state index contributed by atoms with van der Waals surface area (Å²) in [6.45, 7) is 11.8. The van der Waals surface area contributed by atoms with Crippen molar-refractivity contribution in [2.24, 2.45) is 11.3 Å². The van der Waals surface area contributed by atoms with E-state index >= 15 is 0 Å². The van der Waals surface area contributed by atoms with E-state index in [1.54, 1.807) is 6.07 Å². The van der Waals surface area contributed by atoms with E-state index in [1.165, 1.54) is 17.1 Å². The van der Waals surface area contributed by atoms with Crippen LogP contribution in [0.1, 0.15) is 39.2 Å². The summed E-state index contributed by atoms with van der Waals surface area (Å²) in [6.07, 6.45) is 2.42. The smallest absolute Gasteiger partial charge is 0.243 e. The van der Waals surface area contributed by atoms with Gasteiger partial charge in [-0.05, 0) is 42.0 Å². The van der Waals surface area contributed by atoms with Gasteiger partial charge in [0.1, 0.15) is 0 Å². The fraction of sp³-hybridized carbons (Fsp3) is 0.700. The van der Waals surface area contributed by atoms with Gasteiger partial charge in [-0.1, -0.05) is 39.3 Å². The summed E-state index contributed by atoms with van der Waals surface area (Å²) in [7, 11) is -3.42. The number of likely N-dealkylation sites (tertiary alicyclic amines) is 1. The van der Waals surface area contributed by atoms with Gasteiger partial charge in [-0.15, -0.1) is 0 Å². The molecule has 0 saturated carbocycles. The van der Waals surface area contributed by atoms with Gasteiger partial charge in [0.25, 0.3) is 0 Å². The van der Waals surface area contributed by atoms with Crippen LogP contribution < -0.4 is 0 Å². The highest BCUT2D eigenvalue weighted by atomic mass is 32.2. The molecule has 0 radical (unpaired) electrons. The van der Waals surface area contributed by atoms with E-state index in [4.69, 9.17) is 4.74 Å². The van der Waals surface area contributed by atoms with Crippen LogP contribution in [0.25, 0.3) is 0 Å². The normalized spacial score (nSPS) is 26.9. The van der Waals surface area contributed by atoms with Crippen molar-refractivity contribution in [2.75, 3.05) is 39.4 Å². The molecule has 2 saturated heterocycles. The van der Waals surface area contributed by atoms with Gasteiger partial charge in [-0.25, -0.2) is 8.42 Å². The number of morpholine rings is 1. The van der Waals surface area contributed by atoms with E-state index in [-0.39, 0.29) is 0 Å². The Bertz CT molecular complexity index is 716. The van der Waals surface area contributed by atoms with Gasteiger partial charge in [0, 0.05) is 26.2 Å². The third-order valence-corrected chi connectivity index (χ3v) is 8.19. The molecule has 3 rings (SSSR count). The van der Waals surface area contributed by atoms with Gasteiger partial charge in [-0.2, -0.15) is 4.31 Å². The first-order valence-electron chi connectivity index (χ1n) is 9.74. The zero-order chi connectivity index (χ0) is 18.8. The van der Waals surface area contributed by atoms with Crippen LogP contribution in [-0.4, -0.2) is 57.0 Å². The number of hydrogen-bond acceptors (Lipinski definition) is 4. The molecule has 2 atom stereocenters. The molecule has 0 aromatic heterocycles. The third-order valence-electron chi connectivity index (χ3n) is 6.30. The van der Waals surface area contributed by atoms with Crippen LogP contribution in [0.15, 0.2) is 29.2 Å². The minimum absolute atomic E-state index is 0.367. The molecule has 2 heterocycles. The summed E-state index contributed by atoms with van der Waals surface area (Å²) in [5, 5.41) is 0. The number of hydrogen-bond donors (Lipinski definition) is 0. The van der Waals surface area contributed by atoms with Crippen molar-refractivity contribution in [1.29, 1.82) is 0 Å². The van der Waals surface area contributed by atoms with Crippen LogP contribution in [0, 0.1) is 11.3 Å². The molecule has 0 aliphatic carbocycles. The topological polar surface area (TPSA) is 49.9 Å². The fourth-order valence-electron chi connectivity index (χ4n) is 4.11. The number of rotatable bonds is 6. The Morgan fingerprint density at radius 3 is 2.65 bits per heavy atom. The monoisotopic (exact) mass is 380 g/mol. The Balaban J connectivity index is 1.70. The van der Waals surface area contributed by atoms with Crippen molar-refractivity contribution in [3.05, 3.63) is 29.8 Å². The molecule has 0 spiro atoms. The van der Waals surface area contributed by atoms with Gasteiger partial charge in [-0.3, -0.25) is 4.90 Å². The Hall–Kier alpha value is -0.950. The molecule has 5 nitrogen and oxygen atoms in total. The molecule has 2 unspecified atom stereocenters. The second-order valence-electron chi connectivity index (χ2n) is 8.09. The van der Waals surface area contributed by atoms with E-state index < -0.39 is 10.0 Å². The maximum atomic E-state index is 12.9. The van der Waals surface area contributed by atoms with Gasteiger partial charge in [0.15, 0.2) is 0 Å². The van der Waals surface area contributed by atoms with Crippen LogP contribution in [0.4, 0.5) is 0 Å². The van der Waals surface area contributed by atoms with Crippen LogP contribution in [0.3, 0.4) is 0 Å². The maximum Gasteiger partial charge on any atom is 0.243 e. The van der Waals surface area contributed by atoms with Crippen LogP contribution in [-0.2, 0) is 21.3 Å². The first kappa shape index (κ1) is 19.8. The van der Waals surface area contributed by atoms with Gasteiger partial charge < -0.3 is 4.74 Å². The van der Waals surface area contributed by atoms with Gasteiger partial charge in [0.2, 0.25) is 10.0 Å². The number of benzene rings is 1. The standard InChI is InChI=1S/C20H32N2O3S/c1-4-17(2)20(3)8-9-21(16-20)15-18-6-5-7-19(14-18)26(23,24)22-10-12-25-13-11-22/h5-7,14,17H,4,8-13,15-16H2,1-3H3. The molecule has 26 heavy (non-hydrogen) atoms. The molecule has 1 aromatic carbocycles. The fourth-order valence-corrected chi connectivity index (χ4v) is 5.59. The Labute approximate surface area is 158 Å². The van der Waals surface area contributed by atoms with Crippen LogP contribution >= 0.6 is 0 Å². The van der Waals surface area contributed by atoms with Crippen molar-refractivity contribution >= 4 is 10.0 Å². The van der Waals surface area contributed by atoms with E-state index in [2.05, 4.69) is 25.7 Å². The van der Waals surface area contributed by atoms with Crippen molar-refractivity contribution in [3.8, 4) is 0 Å². The van der Waals surface area contributed by atoms with E-state index in [1.807, 2.05) is 18.2 Å². The van der Waals surface area contributed by atoms with Crippen molar-refractivity contribution in [2.45, 2.75) is 45.1 Å². The molecule has 2 aliphatic rings. The average molecular weight is 381 g/mol. The number of ether oxygens (including phenoxy) is 1. The number of sulfonamides is 1. The molecule has 146 valence electrons. The first-order valence-corrected chi connectivity index (χ1v) is 11.2. The lowest BCUT2D eigenvalue weighted by atomic mass is 9.76. The van der Waals surface area contributed by atoms with E-state index in [0.717, 1.165) is 25.2 Å². The molecule has 0 bridgehead atoms. The highest BCUT2D eigenvalue weighted by Gasteiger charge is 2.37. The van der Waals surface area contributed by atoms with Crippen LogP contribution in [0.2, 0.25) is 0 Å². The highest BCUT2D eigenvalue weighted by molar-refractivity contribution is 7.89. The molecule has 0 N–H and O–H groups in total. The van der Waals surface area contributed by atoms with E-state index in [9.17, 15) is 8.42 Å². The SMILES string of the molecule is CCC(C)C1(C)CCN(Cc2cccc(S(=O)(=O)N3CCOCC3)c2)C1. The summed E-state index contributed by atoms with van der Waals surface area (Å²) in [6, 6.07) is 7.47. The lowest BCUT2D eigenvalue weighted by molar-refractivity contribution is 0.0730. The zero-order valence-electron chi connectivity index (χ0n) is 16.3. The maximum absolute atomic E-state index is 12.9. The van der Waals surface area contributed by atoms with Crippen LogP contribution in [0.5, 0.6) is 0 Å². The Kier molecular flexibility index (Phi) is 6.07. The summed E-state index contributed by atoms with van der Waals surface area (Å²) in [5.74, 6) is 0.709. The molecule has 2 fully saturated rings.